The van der Waals surface area contributed by atoms with E-state index in [1.165, 1.54) is 6.42 Å². The van der Waals surface area contributed by atoms with Gasteiger partial charge in [-0.3, -0.25) is 9.69 Å². The molecule has 2 aliphatic carbocycles. The number of amides is 3. The van der Waals surface area contributed by atoms with E-state index in [4.69, 9.17) is 4.74 Å². The second-order valence-corrected chi connectivity index (χ2v) is 8.03. The van der Waals surface area contributed by atoms with E-state index < -0.39 is 0 Å². The third-order valence-electron chi connectivity index (χ3n) is 6.87. The van der Waals surface area contributed by atoms with Crippen molar-refractivity contribution in [2.75, 3.05) is 31.6 Å². The number of urea groups is 1. The molecule has 0 bridgehead atoms. The minimum Gasteiger partial charge on any atom is -0.378 e. The van der Waals surface area contributed by atoms with E-state index in [0.717, 1.165) is 37.1 Å². The second-order valence-electron chi connectivity index (χ2n) is 8.03. The first-order valence-corrected chi connectivity index (χ1v) is 10.0. The summed E-state index contributed by atoms with van der Waals surface area (Å²) in [6.45, 7) is 5.98. The lowest BCUT2D eigenvalue weighted by molar-refractivity contribution is -0.192. The number of carbonyl (C=O) groups excluding carboxylic acids is 2. The van der Waals surface area contributed by atoms with Crippen molar-refractivity contribution < 1.29 is 14.3 Å². The van der Waals surface area contributed by atoms with E-state index in [1.807, 2.05) is 44.0 Å². The Labute approximate surface area is 160 Å². The van der Waals surface area contributed by atoms with Gasteiger partial charge in [0.25, 0.3) is 5.91 Å². The number of nitrogens with zero attached hydrogens (tertiary/aromatic N) is 2. The van der Waals surface area contributed by atoms with Crippen LogP contribution < -0.4 is 10.2 Å². The molecule has 1 aromatic carbocycles. The van der Waals surface area contributed by atoms with E-state index in [9.17, 15) is 9.59 Å². The number of rotatable bonds is 5. The van der Waals surface area contributed by atoms with Crippen LogP contribution in [0.25, 0.3) is 0 Å². The third kappa shape index (κ3) is 2.73. The van der Waals surface area contributed by atoms with Gasteiger partial charge in [0.1, 0.15) is 0 Å². The molecule has 0 aromatic heterocycles. The van der Waals surface area contributed by atoms with Gasteiger partial charge in [0.2, 0.25) is 0 Å². The van der Waals surface area contributed by atoms with Crippen molar-refractivity contribution in [1.29, 1.82) is 0 Å². The number of benzene rings is 1. The average molecular weight is 371 g/mol. The van der Waals surface area contributed by atoms with Gasteiger partial charge in [-0.05, 0) is 50.8 Å². The number of ether oxygens (including phenoxy) is 1. The average Bonchev–Trinajstić information content (AvgIpc) is 3.02. The molecular formula is C21H29N3O3. The molecule has 27 heavy (non-hydrogen) atoms. The Kier molecular flexibility index (Phi) is 4.62. The predicted molar refractivity (Wildman–Crippen MR) is 104 cm³/mol. The van der Waals surface area contributed by atoms with Crippen molar-refractivity contribution in [1.82, 2.24) is 10.2 Å². The molecule has 2 atom stereocenters. The van der Waals surface area contributed by atoms with Crippen LogP contribution in [0.5, 0.6) is 0 Å². The molecule has 146 valence electrons. The van der Waals surface area contributed by atoms with Gasteiger partial charge in [-0.2, -0.15) is 0 Å². The highest BCUT2D eigenvalue weighted by Gasteiger charge is 2.60. The smallest absolute Gasteiger partial charge is 0.322 e. The molecule has 3 aliphatic rings. The molecule has 0 radical (unpaired) electrons. The predicted octanol–water partition coefficient (Wildman–Crippen LogP) is 2.94. The molecular weight excluding hydrogens is 342 g/mol. The quantitative estimate of drug-likeness (QED) is 0.866. The fraction of sp³-hybridized carbons (Fsp3) is 0.619. The van der Waals surface area contributed by atoms with E-state index in [0.29, 0.717) is 18.7 Å². The summed E-state index contributed by atoms with van der Waals surface area (Å²) < 4.78 is 5.93. The Balaban J connectivity index is 1.56. The standard InChI is InChI=1S/C21H29N3O3/c1-4-27-18-13-17(21(18)9-6-10-21)23(3)19(25)15-7-5-8-16(14(15)2)24-12-11-22-20(24)26/h5,7-8,17-18H,4,6,9-13H2,1-3H3,(H,22,26)/t17-,18-/m0/s1. The first-order valence-electron chi connectivity index (χ1n) is 10.0. The number of carbonyl (C=O) groups is 2. The lowest BCUT2D eigenvalue weighted by Crippen LogP contribution is -2.67. The summed E-state index contributed by atoms with van der Waals surface area (Å²) in [7, 11) is 1.92. The highest BCUT2D eigenvalue weighted by atomic mass is 16.5. The molecule has 1 heterocycles. The lowest BCUT2D eigenvalue weighted by atomic mass is 9.50. The molecule has 6 nitrogen and oxygen atoms in total. The SMILES string of the molecule is CCO[C@H]1C[C@H](N(C)C(=O)c2cccc(N3CCNC3=O)c2C)C12CCC2. The number of anilines is 1. The summed E-state index contributed by atoms with van der Waals surface area (Å²) in [5.74, 6) is 0.0418. The molecule has 3 amide bonds. The minimum absolute atomic E-state index is 0.0418. The van der Waals surface area contributed by atoms with Crippen molar-refractivity contribution in [3.8, 4) is 0 Å². The maximum absolute atomic E-state index is 13.3. The molecule has 4 rings (SSSR count). The van der Waals surface area contributed by atoms with Crippen LogP contribution in [0, 0.1) is 12.3 Å². The molecule has 1 saturated heterocycles. The Hall–Kier alpha value is -2.08. The van der Waals surface area contributed by atoms with Gasteiger partial charge in [0, 0.05) is 49.5 Å². The maximum Gasteiger partial charge on any atom is 0.322 e. The van der Waals surface area contributed by atoms with Gasteiger partial charge in [0.05, 0.1) is 6.10 Å². The van der Waals surface area contributed by atoms with Crippen LogP contribution in [0.4, 0.5) is 10.5 Å². The van der Waals surface area contributed by atoms with Crippen LogP contribution in [0.1, 0.15) is 48.5 Å². The van der Waals surface area contributed by atoms with Crippen LogP contribution in [-0.4, -0.2) is 55.7 Å². The monoisotopic (exact) mass is 371 g/mol. The van der Waals surface area contributed by atoms with Crippen LogP contribution in [0.2, 0.25) is 0 Å². The van der Waals surface area contributed by atoms with E-state index in [-0.39, 0.29) is 29.5 Å². The highest BCUT2D eigenvalue weighted by molar-refractivity contribution is 6.00. The summed E-state index contributed by atoms with van der Waals surface area (Å²) in [6, 6.07) is 5.81. The zero-order valence-electron chi connectivity index (χ0n) is 16.5. The molecule has 1 aliphatic heterocycles. The summed E-state index contributed by atoms with van der Waals surface area (Å²) >= 11 is 0. The van der Waals surface area contributed by atoms with Gasteiger partial charge in [-0.15, -0.1) is 0 Å². The van der Waals surface area contributed by atoms with Crippen molar-refractivity contribution in [3.05, 3.63) is 29.3 Å². The fourth-order valence-corrected chi connectivity index (χ4v) is 5.13. The Morgan fingerprint density at radius 3 is 2.78 bits per heavy atom. The van der Waals surface area contributed by atoms with Gasteiger partial charge < -0.3 is 15.0 Å². The highest BCUT2D eigenvalue weighted by Crippen LogP contribution is 2.59. The number of hydrogen-bond acceptors (Lipinski definition) is 3. The summed E-state index contributed by atoms with van der Waals surface area (Å²) in [5, 5.41) is 2.82. The van der Waals surface area contributed by atoms with Crippen LogP contribution >= 0.6 is 0 Å². The van der Waals surface area contributed by atoms with E-state index in [2.05, 4.69) is 5.32 Å². The molecule has 0 unspecified atom stereocenters. The van der Waals surface area contributed by atoms with E-state index in [1.54, 1.807) is 4.90 Å². The Bertz CT molecular complexity index is 759. The summed E-state index contributed by atoms with van der Waals surface area (Å²) in [5.41, 5.74) is 2.53. The Morgan fingerprint density at radius 2 is 2.19 bits per heavy atom. The maximum atomic E-state index is 13.3. The van der Waals surface area contributed by atoms with Crippen molar-refractivity contribution in [2.24, 2.45) is 5.41 Å². The topological polar surface area (TPSA) is 61.9 Å². The second kappa shape index (κ2) is 6.82. The molecule has 1 N–H and O–H groups in total. The first kappa shape index (κ1) is 18.3. The van der Waals surface area contributed by atoms with Crippen molar-refractivity contribution in [2.45, 2.75) is 51.7 Å². The van der Waals surface area contributed by atoms with Crippen molar-refractivity contribution in [3.63, 3.8) is 0 Å². The van der Waals surface area contributed by atoms with Crippen molar-refractivity contribution >= 4 is 17.6 Å². The van der Waals surface area contributed by atoms with E-state index >= 15 is 0 Å². The fourth-order valence-electron chi connectivity index (χ4n) is 5.13. The molecule has 6 heteroatoms. The van der Waals surface area contributed by atoms with Crippen LogP contribution in [-0.2, 0) is 4.74 Å². The van der Waals surface area contributed by atoms with Crippen LogP contribution in [0.3, 0.4) is 0 Å². The number of hydrogen-bond donors (Lipinski definition) is 1. The normalized spacial score (nSPS) is 25.7. The van der Waals surface area contributed by atoms with Gasteiger partial charge in [-0.1, -0.05) is 12.5 Å². The number of nitrogens with one attached hydrogen (secondary N) is 1. The molecule has 1 spiro atoms. The van der Waals surface area contributed by atoms with Gasteiger partial charge >= 0.3 is 6.03 Å². The Morgan fingerprint density at radius 1 is 1.41 bits per heavy atom. The van der Waals surface area contributed by atoms with Gasteiger partial charge in [-0.25, -0.2) is 4.79 Å². The third-order valence-corrected chi connectivity index (χ3v) is 6.87. The van der Waals surface area contributed by atoms with Gasteiger partial charge in [0.15, 0.2) is 0 Å². The van der Waals surface area contributed by atoms with Crippen LogP contribution in [0.15, 0.2) is 18.2 Å². The molecule has 1 aromatic rings. The molecule has 3 fully saturated rings. The molecule has 2 saturated carbocycles. The minimum atomic E-state index is -0.0944. The lowest BCUT2D eigenvalue weighted by Gasteiger charge is -2.63. The summed E-state index contributed by atoms with van der Waals surface area (Å²) in [6.07, 6.45) is 4.72. The largest absolute Gasteiger partial charge is 0.378 e. The first-order chi connectivity index (χ1) is 13.0. The zero-order chi connectivity index (χ0) is 19.2. The zero-order valence-corrected chi connectivity index (χ0v) is 16.5. The summed E-state index contributed by atoms with van der Waals surface area (Å²) in [4.78, 5) is 29.0.